The molecule has 2 aromatic carbocycles. The number of nitrogens with zero attached hydrogens (tertiary/aromatic N) is 3. The molecular formula is C20H21Cl4N3O3S. The Morgan fingerprint density at radius 3 is 2.19 bits per heavy atom. The maximum absolute atomic E-state index is 12.9. The van der Waals surface area contributed by atoms with Gasteiger partial charge in [-0.1, -0.05) is 52.5 Å². The third-order valence-electron chi connectivity index (χ3n) is 5.08. The summed E-state index contributed by atoms with van der Waals surface area (Å²) >= 11 is 24.3. The van der Waals surface area contributed by atoms with Gasteiger partial charge in [-0.2, -0.15) is 0 Å². The van der Waals surface area contributed by atoms with E-state index in [0.29, 0.717) is 31.2 Å². The van der Waals surface area contributed by atoms with Crippen LogP contribution in [0.25, 0.3) is 0 Å². The summed E-state index contributed by atoms with van der Waals surface area (Å²) in [6.07, 6.45) is 1.01. The first-order valence-corrected chi connectivity index (χ1v) is 12.7. The van der Waals surface area contributed by atoms with Crippen molar-refractivity contribution in [2.24, 2.45) is 0 Å². The van der Waals surface area contributed by atoms with Crippen LogP contribution < -0.4 is 9.21 Å². The summed E-state index contributed by atoms with van der Waals surface area (Å²) in [5.74, 6) is -0.324. The Labute approximate surface area is 202 Å². The predicted octanol–water partition coefficient (Wildman–Crippen LogP) is 4.72. The first-order valence-electron chi connectivity index (χ1n) is 9.38. The van der Waals surface area contributed by atoms with Gasteiger partial charge < -0.3 is 9.80 Å². The van der Waals surface area contributed by atoms with Gasteiger partial charge in [0.15, 0.2) is 0 Å². The van der Waals surface area contributed by atoms with Crippen LogP contribution >= 0.6 is 46.4 Å². The van der Waals surface area contributed by atoms with Gasteiger partial charge >= 0.3 is 0 Å². The largest absolute Gasteiger partial charge is 0.368 e. The summed E-state index contributed by atoms with van der Waals surface area (Å²) in [4.78, 5) is 16.7. The van der Waals surface area contributed by atoms with Gasteiger partial charge in [-0.05, 0) is 36.8 Å². The van der Waals surface area contributed by atoms with E-state index in [-0.39, 0.29) is 33.2 Å². The van der Waals surface area contributed by atoms with Crippen molar-refractivity contribution < 1.29 is 13.2 Å². The van der Waals surface area contributed by atoms with Crippen LogP contribution in [0, 0.1) is 6.92 Å². The highest BCUT2D eigenvalue weighted by Crippen LogP contribution is 2.35. The van der Waals surface area contributed by atoms with Crippen molar-refractivity contribution in [2.75, 3.05) is 48.2 Å². The van der Waals surface area contributed by atoms with Crippen molar-refractivity contribution >= 4 is 73.7 Å². The lowest BCUT2D eigenvalue weighted by Crippen LogP contribution is -2.52. The minimum absolute atomic E-state index is 0.0916. The smallest absolute Gasteiger partial charge is 0.243 e. The van der Waals surface area contributed by atoms with Gasteiger partial charge in [0.25, 0.3) is 0 Å². The van der Waals surface area contributed by atoms with Crippen molar-refractivity contribution in [2.45, 2.75) is 6.92 Å². The van der Waals surface area contributed by atoms with Gasteiger partial charge in [0, 0.05) is 36.9 Å². The molecule has 0 N–H and O–H groups in total. The first-order chi connectivity index (χ1) is 14.5. The highest BCUT2D eigenvalue weighted by atomic mass is 35.5. The molecule has 0 spiro atoms. The number of carbonyl (C=O) groups is 1. The standard InChI is InChI=1S/C20H21Cl4N3O3S/c1-13-3-4-14(21)9-18(13)25-5-7-26(8-6-25)20(28)12-27(31(2,29)30)19-11-16(23)15(22)10-17(19)24/h3-4,9-11H,5-8,12H2,1-2H3. The zero-order chi connectivity index (χ0) is 22.9. The molecule has 1 heterocycles. The van der Waals surface area contributed by atoms with Crippen LogP contribution in [0.4, 0.5) is 11.4 Å². The van der Waals surface area contributed by atoms with Gasteiger partial charge in [-0.3, -0.25) is 9.10 Å². The molecule has 1 amide bonds. The molecule has 0 aromatic heterocycles. The minimum atomic E-state index is -3.79. The Hall–Kier alpha value is -1.38. The van der Waals surface area contributed by atoms with Crippen LogP contribution in [0.3, 0.4) is 0 Å². The molecule has 6 nitrogen and oxygen atoms in total. The molecule has 0 radical (unpaired) electrons. The van der Waals surface area contributed by atoms with E-state index >= 15 is 0 Å². The summed E-state index contributed by atoms with van der Waals surface area (Å²) in [5.41, 5.74) is 2.24. The number of carbonyl (C=O) groups excluding carboxylic acids is 1. The zero-order valence-electron chi connectivity index (χ0n) is 16.9. The molecule has 0 saturated carbocycles. The molecule has 168 valence electrons. The van der Waals surface area contributed by atoms with E-state index in [0.717, 1.165) is 21.8 Å². The molecule has 1 aliphatic heterocycles. The number of amides is 1. The Morgan fingerprint density at radius 2 is 1.58 bits per heavy atom. The number of hydrogen-bond acceptors (Lipinski definition) is 4. The molecule has 31 heavy (non-hydrogen) atoms. The van der Waals surface area contributed by atoms with Gasteiger partial charge in [0.05, 0.1) is 27.0 Å². The lowest BCUT2D eigenvalue weighted by atomic mass is 10.1. The van der Waals surface area contributed by atoms with Crippen LogP contribution in [-0.2, 0) is 14.8 Å². The number of piperazine rings is 1. The third kappa shape index (κ3) is 5.71. The molecule has 0 aliphatic carbocycles. The van der Waals surface area contributed by atoms with E-state index in [1.54, 1.807) is 4.90 Å². The molecule has 1 aliphatic rings. The monoisotopic (exact) mass is 523 g/mol. The lowest BCUT2D eigenvalue weighted by Gasteiger charge is -2.37. The highest BCUT2D eigenvalue weighted by molar-refractivity contribution is 7.92. The number of hydrogen-bond donors (Lipinski definition) is 0. The van der Waals surface area contributed by atoms with Crippen LogP contribution in [-0.4, -0.2) is 58.2 Å². The Bertz CT molecular complexity index is 1100. The van der Waals surface area contributed by atoms with Crippen molar-refractivity contribution in [1.82, 2.24) is 4.90 Å². The average molecular weight is 525 g/mol. The summed E-state index contributed by atoms with van der Waals surface area (Å²) in [7, 11) is -3.79. The number of benzene rings is 2. The van der Waals surface area contributed by atoms with E-state index in [1.165, 1.54) is 12.1 Å². The SMILES string of the molecule is Cc1ccc(Cl)cc1N1CCN(C(=O)CN(c2cc(Cl)c(Cl)cc2Cl)S(C)(=O)=O)CC1. The van der Waals surface area contributed by atoms with Crippen molar-refractivity contribution in [3.05, 3.63) is 56.0 Å². The van der Waals surface area contributed by atoms with Crippen LogP contribution in [0.5, 0.6) is 0 Å². The van der Waals surface area contributed by atoms with Crippen molar-refractivity contribution in [3.63, 3.8) is 0 Å². The third-order valence-corrected chi connectivity index (χ3v) is 7.47. The minimum Gasteiger partial charge on any atom is -0.368 e. The number of rotatable bonds is 5. The van der Waals surface area contributed by atoms with E-state index in [9.17, 15) is 13.2 Å². The van der Waals surface area contributed by atoms with Gasteiger partial charge in [0.2, 0.25) is 15.9 Å². The summed E-state index contributed by atoms with van der Waals surface area (Å²) in [5, 5.41) is 1.09. The second kappa shape index (κ2) is 9.63. The fourth-order valence-electron chi connectivity index (χ4n) is 3.43. The zero-order valence-corrected chi connectivity index (χ0v) is 20.7. The summed E-state index contributed by atoms with van der Waals surface area (Å²) < 4.78 is 25.8. The Kier molecular flexibility index (Phi) is 7.54. The van der Waals surface area contributed by atoms with Gasteiger partial charge in [-0.15, -0.1) is 0 Å². The molecule has 0 bridgehead atoms. The maximum atomic E-state index is 12.9. The highest BCUT2D eigenvalue weighted by Gasteiger charge is 2.28. The van der Waals surface area contributed by atoms with Crippen LogP contribution in [0.2, 0.25) is 20.1 Å². The molecule has 11 heteroatoms. The van der Waals surface area contributed by atoms with E-state index in [4.69, 9.17) is 46.4 Å². The quantitative estimate of drug-likeness (QED) is 0.531. The van der Waals surface area contributed by atoms with Gasteiger partial charge in [0.1, 0.15) is 6.54 Å². The molecule has 1 saturated heterocycles. The molecule has 0 atom stereocenters. The summed E-state index contributed by atoms with van der Waals surface area (Å²) in [6, 6.07) is 8.41. The summed E-state index contributed by atoms with van der Waals surface area (Å²) in [6.45, 7) is 3.76. The number of sulfonamides is 1. The number of aryl methyl sites for hydroxylation is 1. The fourth-order valence-corrected chi connectivity index (χ4v) is 5.14. The van der Waals surface area contributed by atoms with Crippen molar-refractivity contribution in [3.8, 4) is 0 Å². The number of anilines is 2. The molecule has 2 aromatic rings. The topological polar surface area (TPSA) is 60.9 Å². The molecular weight excluding hydrogens is 504 g/mol. The number of halogens is 4. The maximum Gasteiger partial charge on any atom is 0.243 e. The van der Waals surface area contributed by atoms with E-state index in [1.807, 2.05) is 25.1 Å². The predicted molar refractivity (Wildman–Crippen MR) is 129 cm³/mol. The van der Waals surface area contributed by atoms with E-state index < -0.39 is 10.0 Å². The van der Waals surface area contributed by atoms with Crippen LogP contribution in [0.15, 0.2) is 30.3 Å². The van der Waals surface area contributed by atoms with Gasteiger partial charge in [-0.25, -0.2) is 8.42 Å². The first kappa shape index (κ1) is 24.3. The fraction of sp³-hybridized carbons (Fsp3) is 0.350. The average Bonchev–Trinajstić information content (AvgIpc) is 2.70. The van der Waals surface area contributed by atoms with E-state index in [2.05, 4.69) is 4.90 Å². The Balaban J connectivity index is 1.74. The molecule has 0 unspecified atom stereocenters. The second-order valence-corrected chi connectivity index (χ2v) is 10.9. The van der Waals surface area contributed by atoms with Crippen molar-refractivity contribution in [1.29, 1.82) is 0 Å². The lowest BCUT2D eigenvalue weighted by molar-refractivity contribution is -0.129. The Morgan fingerprint density at radius 1 is 0.968 bits per heavy atom. The normalized spacial score (nSPS) is 14.6. The molecule has 3 rings (SSSR count). The molecule has 1 fully saturated rings. The van der Waals surface area contributed by atoms with Crippen LogP contribution in [0.1, 0.15) is 5.56 Å². The second-order valence-electron chi connectivity index (χ2n) is 7.29.